The lowest BCUT2D eigenvalue weighted by Gasteiger charge is -2.30. The lowest BCUT2D eigenvalue weighted by Crippen LogP contribution is -2.38. The summed E-state index contributed by atoms with van der Waals surface area (Å²) < 4.78 is 12.1. The molecule has 2 rings (SSSR count). The van der Waals surface area contributed by atoms with Crippen molar-refractivity contribution >= 4 is 15.9 Å². The Kier molecular flexibility index (Phi) is 5.67. The maximum absolute atomic E-state index is 5.72. The van der Waals surface area contributed by atoms with E-state index in [-0.39, 0.29) is 0 Å². The number of methoxy groups -OCH3 is 1. The van der Waals surface area contributed by atoms with Gasteiger partial charge in [0.15, 0.2) is 0 Å². The maximum atomic E-state index is 5.72. The normalized spacial score (nSPS) is 19.6. The molecule has 0 radical (unpaired) electrons. The summed E-state index contributed by atoms with van der Waals surface area (Å²) in [5, 5.41) is 3.72. The van der Waals surface area contributed by atoms with E-state index in [9.17, 15) is 0 Å². The van der Waals surface area contributed by atoms with E-state index in [0.29, 0.717) is 12.1 Å². The van der Waals surface area contributed by atoms with Gasteiger partial charge in [0.1, 0.15) is 5.75 Å². The molecule has 0 saturated heterocycles. The third-order valence-corrected chi connectivity index (χ3v) is 3.95. The van der Waals surface area contributed by atoms with E-state index in [1.54, 1.807) is 7.11 Å². The number of hydrogen-bond acceptors (Lipinski definition) is 3. The van der Waals surface area contributed by atoms with E-state index in [4.69, 9.17) is 9.47 Å². The first-order chi connectivity index (χ1) is 9.24. The van der Waals surface area contributed by atoms with Crippen LogP contribution in [0.3, 0.4) is 0 Å². The number of benzene rings is 1. The number of fused-ring (bicyclic) bond motifs is 1. The SMILES string of the molecule is CCCC(COC)NC1CCOc2ccc(Br)cc21. The molecule has 0 saturated carbocycles. The molecule has 3 nitrogen and oxygen atoms in total. The van der Waals surface area contributed by atoms with Crippen LogP contribution in [0.25, 0.3) is 0 Å². The van der Waals surface area contributed by atoms with Crippen LogP contribution in [0.1, 0.15) is 37.8 Å². The van der Waals surface area contributed by atoms with Crippen molar-refractivity contribution in [1.82, 2.24) is 5.32 Å². The van der Waals surface area contributed by atoms with E-state index in [1.165, 1.54) is 5.56 Å². The molecule has 4 heteroatoms. The van der Waals surface area contributed by atoms with Crippen molar-refractivity contribution in [2.75, 3.05) is 20.3 Å². The van der Waals surface area contributed by atoms with Gasteiger partial charge in [-0.05, 0) is 24.6 Å². The summed E-state index contributed by atoms with van der Waals surface area (Å²) in [7, 11) is 1.76. The Hall–Kier alpha value is -0.580. The smallest absolute Gasteiger partial charge is 0.124 e. The molecule has 0 aromatic heterocycles. The zero-order valence-corrected chi connectivity index (χ0v) is 13.2. The summed E-state index contributed by atoms with van der Waals surface area (Å²) in [6.07, 6.45) is 3.30. The van der Waals surface area contributed by atoms with Gasteiger partial charge in [0.25, 0.3) is 0 Å². The van der Waals surface area contributed by atoms with Gasteiger partial charge < -0.3 is 14.8 Å². The van der Waals surface area contributed by atoms with E-state index in [0.717, 1.165) is 42.7 Å². The molecule has 2 unspecified atom stereocenters. The van der Waals surface area contributed by atoms with Crippen molar-refractivity contribution in [2.24, 2.45) is 0 Å². The highest BCUT2D eigenvalue weighted by molar-refractivity contribution is 9.10. The molecule has 0 amide bonds. The first-order valence-electron chi connectivity index (χ1n) is 6.91. The second kappa shape index (κ2) is 7.27. The van der Waals surface area contributed by atoms with Gasteiger partial charge in [-0.15, -0.1) is 0 Å². The van der Waals surface area contributed by atoms with Crippen LogP contribution in [-0.2, 0) is 4.74 Å². The van der Waals surface area contributed by atoms with Crippen LogP contribution < -0.4 is 10.1 Å². The van der Waals surface area contributed by atoms with Crippen LogP contribution in [0.15, 0.2) is 22.7 Å². The molecule has 2 atom stereocenters. The van der Waals surface area contributed by atoms with Gasteiger partial charge in [-0.3, -0.25) is 0 Å². The minimum atomic E-state index is 0.355. The largest absolute Gasteiger partial charge is 0.493 e. The van der Waals surface area contributed by atoms with Crippen molar-refractivity contribution in [3.8, 4) is 5.75 Å². The fourth-order valence-corrected chi connectivity index (χ4v) is 2.97. The quantitative estimate of drug-likeness (QED) is 0.864. The molecule has 0 bridgehead atoms. The molecule has 0 fully saturated rings. The van der Waals surface area contributed by atoms with E-state index in [1.807, 2.05) is 12.1 Å². The molecule has 1 aromatic rings. The van der Waals surface area contributed by atoms with E-state index >= 15 is 0 Å². The maximum Gasteiger partial charge on any atom is 0.124 e. The van der Waals surface area contributed by atoms with Gasteiger partial charge in [0, 0.05) is 35.7 Å². The average Bonchev–Trinajstić information content (AvgIpc) is 2.40. The molecule has 0 aliphatic carbocycles. The number of nitrogens with one attached hydrogen (secondary N) is 1. The van der Waals surface area contributed by atoms with E-state index < -0.39 is 0 Å². The van der Waals surface area contributed by atoms with Crippen LogP contribution in [0, 0.1) is 0 Å². The van der Waals surface area contributed by atoms with Gasteiger partial charge in [-0.2, -0.15) is 0 Å². The molecule has 0 spiro atoms. The van der Waals surface area contributed by atoms with Crippen molar-refractivity contribution in [2.45, 2.75) is 38.3 Å². The first-order valence-corrected chi connectivity index (χ1v) is 7.71. The predicted octanol–water partition coefficient (Wildman–Crippen LogP) is 3.68. The highest BCUT2D eigenvalue weighted by Gasteiger charge is 2.23. The van der Waals surface area contributed by atoms with Gasteiger partial charge in [-0.25, -0.2) is 0 Å². The van der Waals surface area contributed by atoms with Crippen molar-refractivity contribution < 1.29 is 9.47 Å². The first kappa shape index (κ1) is 14.8. The number of rotatable bonds is 6. The average molecular weight is 328 g/mol. The summed E-state index contributed by atoms with van der Waals surface area (Å²) in [6, 6.07) is 6.98. The fourth-order valence-electron chi connectivity index (χ4n) is 2.59. The van der Waals surface area contributed by atoms with Crippen LogP contribution in [0.5, 0.6) is 5.75 Å². The zero-order chi connectivity index (χ0) is 13.7. The fraction of sp³-hybridized carbons (Fsp3) is 0.600. The van der Waals surface area contributed by atoms with Crippen LogP contribution in [-0.4, -0.2) is 26.4 Å². The van der Waals surface area contributed by atoms with Crippen molar-refractivity contribution in [3.63, 3.8) is 0 Å². The summed E-state index contributed by atoms with van der Waals surface area (Å²) in [6.45, 7) is 3.74. The lowest BCUT2D eigenvalue weighted by molar-refractivity contribution is 0.148. The summed E-state index contributed by atoms with van der Waals surface area (Å²) in [5.41, 5.74) is 1.25. The number of halogens is 1. The third-order valence-electron chi connectivity index (χ3n) is 3.45. The molecule has 19 heavy (non-hydrogen) atoms. The second-order valence-electron chi connectivity index (χ2n) is 4.98. The van der Waals surface area contributed by atoms with Gasteiger partial charge >= 0.3 is 0 Å². The molecular formula is C15H22BrNO2. The Bertz CT molecular complexity index is 405. The highest BCUT2D eigenvalue weighted by Crippen LogP contribution is 2.34. The monoisotopic (exact) mass is 327 g/mol. The van der Waals surface area contributed by atoms with Gasteiger partial charge in [-0.1, -0.05) is 29.3 Å². The Labute approximate surface area is 123 Å². The van der Waals surface area contributed by atoms with Crippen molar-refractivity contribution in [1.29, 1.82) is 0 Å². The Morgan fingerprint density at radius 2 is 2.37 bits per heavy atom. The lowest BCUT2D eigenvalue weighted by atomic mass is 9.99. The topological polar surface area (TPSA) is 30.5 Å². The second-order valence-corrected chi connectivity index (χ2v) is 5.90. The Morgan fingerprint density at radius 1 is 1.53 bits per heavy atom. The van der Waals surface area contributed by atoms with Crippen LogP contribution >= 0.6 is 15.9 Å². The standard InChI is InChI=1S/C15H22BrNO2/c1-3-4-12(10-18-2)17-14-7-8-19-15-6-5-11(16)9-13(14)15/h5-6,9,12,14,17H,3-4,7-8,10H2,1-2H3. The molecule has 1 aromatic carbocycles. The Balaban J connectivity index is 2.11. The highest BCUT2D eigenvalue weighted by atomic mass is 79.9. The third kappa shape index (κ3) is 3.94. The molecule has 106 valence electrons. The molecule has 1 aliphatic rings. The van der Waals surface area contributed by atoms with Crippen molar-refractivity contribution in [3.05, 3.63) is 28.2 Å². The summed E-state index contributed by atoms with van der Waals surface area (Å²) in [4.78, 5) is 0. The zero-order valence-electron chi connectivity index (χ0n) is 11.6. The minimum Gasteiger partial charge on any atom is -0.493 e. The number of ether oxygens (including phenoxy) is 2. The van der Waals surface area contributed by atoms with Crippen LogP contribution in [0.2, 0.25) is 0 Å². The summed E-state index contributed by atoms with van der Waals surface area (Å²) >= 11 is 3.54. The van der Waals surface area contributed by atoms with Gasteiger partial charge in [0.05, 0.1) is 13.2 Å². The Morgan fingerprint density at radius 3 is 3.11 bits per heavy atom. The molecule has 1 N–H and O–H groups in total. The van der Waals surface area contributed by atoms with Gasteiger partial charge in [0.2, 0.25) is 0 Å². The van der Waals surface area contributed by atoms with Crippen LogP contribution in [0.4, 0.5) is 0 Å². The summed E-state index contributed by atoms with van der Waals surface area (Å²) in [5.74, 6) is 1.000. The number of hydrogen-bond donors (Lipinski definition) is 1. The van der Waals surface area contributed by atoms with E-state index in [2.05, 4.69) is 34.2 Å². The predicted molar refractivity (Wildman–Crippen MR) is 80.7 cm³/mol. The molecular weight excluding hydrogens is 306 g/mol. The molecule has 1 aliphatic heterocycles. The molecule has 1 heterocycles. The minimum absolute atomic E-state index is 0.355.